The van der Waals surface area contributed by atoms with E-state index in [1.165, 1.54) is 83.5 Å². The van der Waals surface area contributed by atoms with Crippen LogP contribution in [0.15, 0.2) is 24.3 Å². The van der Waals surface area contributed by atoms with Crippen molar-refractivity contribution in [3.63, 3.8) is 0 Å². The molecule has 5 heteroatoms. The normalized spacial score (nSPS) is 14.4. The van der Waals surface area contributed by atoms with Crippen LogP contribution in [0.2, 0.25) is 0 Å². The quantitative estimate of drug-likeness (QED) is 0.0661. The molecule has 0 aromatic rings. The Kier molecular flexibility index (Phi) is 27.0. The van der Waals surface area contributed by atoms with Gasteiger partial charge in [-0.25, -0.2) is 0 Å². The van der Waals surface area contributed by atoms with Crippen LogP contribution in [0.4, 0.5) is 0 Å². The van der Waals surface area contributed by atoms with Crippen molar-refractivity contribution >= 4 is 5.91 Å². The molecule has 0 aliphatic heterocycles. The number of amides is 1. The molecule has 1 amide bonds. The van der Waals surface area contributed by atoms with Crippen LogP contribution in [-0.4, -0.2) is 46.1 Å². The molecule has 0 aliphatic rings. The summed E-state index contributed by atoms with van der Waals surface area (Å²) < 4.78 is 0. The van der Waals surface area contributed by atoms with Gasteiger partial charge < -0.3 is 20.6 Å². The van der Waals surface area contributed by atoms with Crippen LogP contribution in [0.5, 0.6) is 0 Å². The summed E-state index contributed by atoms with van der Waals surface area (Å²) in [6.07, 6.45) is 29.9. The zero-order valence-electron chi connectivity index (χ0n) is 24.3. The van der Waals surface area contributed by atoms with Gasteiger partial charge in [0, 0.05) is 6.42 Å². The molecule has 0 fully saturated rings. The Labute approximate surface area is 229 Å². The summed E-state index contributed by atoms with van der Waals surface area (Å²) in [4.78, 5) is 12.3. The van der Waals surface area contributed by atoms with Gasteiger partial charge in [0.05, 0.1) is 18.8 Å². The third-order valence-corrected chi connectivity index (χ3v) is 7.03. The Morgan fingerprint density at radius 2 is 1.08 bits per heavy atom. The van der Waals surface area contributed by atoms with E-state index in [4.69, 9.17) is 0 Å². The summed E-state index contributed by atoms with van der Waals surface area (Å²) in [5.74, 6) is -0.165. The first-order valence-electron chi connectivity index (χ1n) is 15.6. The summed E-state index contributed by atoms with van der Waals surface area (Å²) >= 11 is 0. The molecule has 4 N–H and O–H groups in total. The summed E-state index contributed by atoms with van der Waals surface area (Å²) in [6, 6.07) is -0.822. The predicted molar refractivity (Wildman–Crippen MR) is 158 cm³/mol. The Hall–Kier alpha value is -1.17. The number of rotatable bonds is 27. The molecule has 37 heavy (non-hydrogen) atoms. The highest BCUT2D eigenvalue weighted by Crippen LogP contribution is 2.12. The van der Waals surface area contributed by atoms with E-state index in [2.05, 4.69) is 43.5 Å². The van der Waals surface area contributed by atoms with E-state index in [0.29, 0.717) is 12.8 Å². The van der Waals surface area contributed by atoms with Gasteiger partial charge in [0.25, 0.3) is 0 Å². The third kappa shape index (κ3) is 23.7. The van der Waals surface area contributed by atoms with Gasteiger partial charge in [-0.15, -0.1) is 0 Å². The minimum Gasteiger partial charge on any atom is -0.394 e. The SMILES string of the molecule is CCCCC/C=C/CCCC(O)C(O)C(CO)NC(=O)CCCCCCCCC/C=C\CCCCCC. The Bertz CT molecular complexity index is 549. The molecule has 5 nitrogen and oxygen atoms in total. The van der Waals surface area contributed by atoms with E-state index >= 15 is 0 Å². The molecule has 0 bridgehead atoms. The molecule has 0 saturated heterocycles. The number of allylic oxidation sites excluding steroid dienone is 4. The fraction of sp³-hybridized carbons (Fsp3) is 0.844. The Morgan fingerprint density at radius 3 is 1.62 bits per heavy atom. The smallest absolute Gasteiger partial charge is 0.220 e. The molecular weight excluding hydrogens is 462 g/mol. The summed E-state index contributed by atoms with van der Waals surface area (Å²) in [5.41, 5.74) is 0. The van der Waals surface area contributed by atoms with Crippen molar-refractivity contribution < 1.29 is 20.1 Å². The number of unbranched alkanes of at least 4 members (excludes halogenated alkanes) is 15. The molecule has 0 aliphatic carbocycles. The topological polar surface area (TPSA) is 89.8 Å². The molecule has 0 heterocycles. The van der Waals surface area contributed by atoms with Crippen molar-refractivity contribution in [3.05, 3.63) is 24.3 Å². The van der Waals surface area contributed by atoms with Gasteiger partial charge in [-0.1, -0.05) is 102 Å². The van der Waals surface area contributed by atoms with E-state index in [1.807, 2.05) is 0 Å². The second-order valence-corrected chi connectivity index (χ2v) is 10.6. The Balaban J connectivity index is 3.77. The maximum atomic E-state index is 12.3. The third-order valence-electron chi connectivity index (χ3n) is 7.03. The van der Waals surface area contributed by atoms with E-state index in [-0.39, 0.29) is 12.5 Å². The monoisotopic (exact) mass is 523 g/mol. The number of aliphatic hydroxyl groups excluding tert-OH is 3. The number of carbonyl (C=O) groups is 1. The highest BCUT2D eigenvalue weighted by molar-refractivity contribution is 5.76. The average Bonchev–Trinajstić information content (AvgIpc) is 2.90. The molecule has 218 valence electrons. The summed E-state index contributed by atoms with van der Waals surface area (Å²) in [6.45, 7) is 4.06. The minimum atomic E-state index is -1.15. The lowest BCUT2D eigenvalue weighted by molar-refractivity contribution is -0.124. The molecule has 3 unspecified atom stereocenters. The van der Waals surface area contributed by atoms with Gasteiger partial charge in [-0.2, -0.15) is 0 Å². The average molecular weight is 524 g/mol. The van der Waals surface area contributed by atoms with Gasteiger partial charge >= 0.3 is 0 Å². The first-order valence-corrected chi connectivity index (χ1v) is 15.6. The fourth-order valence-corrected chi connectivity index (χ4v) is 4.51. The molecular formula is C32H61NO4. The summed E-state index contributed by atoms with van der Waals surface area (Å²) in [7, 11) is 0. The maximum absolute atomic E-state index is 12.3. The number of hydrogen-bond donors (Lipinski definition) is 4. The van der Waals surface area contributed by atoms with Gasteiger partial charge in [-0.3, -0.25) is 4.79 Å². The fourth-order valence-electron chi connectivity index (χ4n) is 4.51. The van der Waals surface area contributed by atoms with Crippen LogP contribution >= 0.6 is 0 Å². The molecule has 0 aromatic carbocycles. The predicted octanol–water partition coefficient (Wildman–Crippen LogP) is 7.53. The van der Waals surface area contributed by atoms with Gasteiger partial charge in [-0.05, 0) is 64.2 Å². The second kappa shape index (κ2) is 27.9. The number of aliphatic hydroxyl groups is 3. The van der Waals surface area contributed by atoms with Crippen molar-refractivity contribution in [2.75, 3.05) is 6.61 Å². The first-order chi connectivity index (χ1) is 18.1. The van der Waals surface area contributed by atoms with Crippen LogP contribution in [-0.2, 0) is 4.79 Å². The standard InChI is InChI=1S/C32H61NO4/c1-3-5-7-9-11-13-14-15-16-17-18-19-21-23-25-27-31(36)33-29(28-34)32(37)30(35)26-24-22-20-12-10-8-6-4-2/h12-14,20,29-30,32,34-35,37H,3-11,15-19,21-28H2,1-2H3,(H,33,36)/b14-13-,20-12+. The largest absolute Gasteiger partial charge is 0.394 e. The van der Waals surface area contributed by atoms with Crippen molar-refractivity contribution in [1.82, 2.24) is 5.32 Å². The molecule has 3 atom stereocenters. The van der Waals surface area contributed by atoms with Crippen molar-refractivity contribution in [2.24, 2.45) is 0 Å². The minimum absolute atomic E-state index is 0.165. The van der Waals surface area contributed by atoms with Crippen LogP contribution < -0.4 is 5.32 Å². The lowest BCUT2D eigenvalue weighted by atomic mass is 10.0. The second-order valence-electron chi connectivity index (χ2n) is 10.6. The van der Waals surface area contributed by atoms with Gasteiger partial charge in [0.2, 0.25) is 5.91 Å². The van der Waals surface area contributed by atoms with E-state index in [0.717, 1.165) is 38.5 Å². The van der Waals surface area contributed by atoms with E-state index < -0.39 is 18.2 Å². The Morgan fingerprint density at radius 1 is 0.649 bits per heavy atom. The van der Waals surface area contributed by atoms with Crippen LogP contribution in [0.3, 0.4) is 0 Å². The zero-order valence-corrected chi connectivity index (χ0v) is 24.3. The van der Waals surface area contributed by atoms with E-state index in [9.17, 15) is 20.1 Å². The molecule has 0 rings (SSSR count). The van der Waals surface area contributed by atoms with Crippen LogP contribution in [0, 0.1) is 0 Å². The van der Waals surface area contributed by atoms with Gasteiger partial charge in [0.1, 0.15) is 6.10 Å². The first kappa shape index (κ1) is 35.8. The molecule has 0 radical (unpaired) electrons. The van der Waals surface area contributed by atoms with E-state index in [1.54, 1.807) is 0 Å². The maximum Gasteiger partial charge on any atom is 0.220 e. The zero-order chi connectivity index (χ0) is 27.4. The highest BCUT2D eigenvalue weighted by Gasteiger charge is 2.26. The van der Waals surface area contributed by atoms with Crippen LogP contribution in [0.25, 0.3) is 0 Å². The number of nitrogens with one attached hydrogen (secondary N) is 1. The molecule has 0 aromatic heterocycles. The van der Waals surface area contributed by atoms with Crippen molar-refractivity contribution in [1.29, 1.82) is 0 Å². The van der Waals surface area contributed by atoms with Gasteiger partial charge in [0.15, 0.2) is 0 Å². The molecule has 0 saturated carbocycles. The number of carbonyl (C=O) groups excluding carboxylic acids is 1. The lowest BCUT2D eigenvalue weighted by Crippen LogP contribution is -2.50. The van der Waals surface area contributed by atoms with Crippen molar-refractivity contribution in [2.45, 2.75) is 167 Å². The van der Waals surface area contributed by atoms with Crippen molar-refractivity contribution in [3.8, 4) is 0 Å². The number of hydrogen-bond acceptors (Lipinski definition) is 4. The summed E-state index contributed by atoms with van der Waals surface area (Å²) in [5, 5.41) is 33.0. The lowest BCUT2D eigenvalue weighted by Gasteiger charge is -2.26. The van der Waals surface area contributed by atoms with Crippen LogP contribution in [0.1, 0.15) is 149 Å². The highest BCUT2D eigenvalue weighted by atomic mass is 16.3. The molecule has 0 spiro atoms.